The van der Waals surface area contributed by atoms with Gasteiger partial charge in [-0.1, -0.05) is 32.9 Å². The molecule has 7 atom stereocenters. The molecule has 0 aliphatic carbocycles. The van der Waals surface area contributed by atoms with Gasteiger partial charge in [0.2, 0.25) is 11.8 Å². The van der Waals surface area contributed by atoms with Crippen molar-refractivity contribution >= 4 is 70.0 Å². The predicted octanol–water partition coefficient (Wildman–Crippen LogP) is -1.89. The summed E-state index contributed by atoms with van der Waals surface area (Å²) in [5.74, 6) is -1.41. The second-order valence-corrected chi connectivity index (χ2v) is 15.3. The maximum atomic E-state index is 12.3. The number of nitrogen functional groups attached to an aromatic ring is 1. The van der Waals surface area contributed by atoms with Crippen molar-refractivity contribution in [3.05, 3.63) is 12.7 Å². The molecule has 32 heteroatoms. The first-order chi connectivity index (χ1) is 25.2. The first-order valence-corrected chi connectivity index (χ1v) is 19.8. The lowest BCUT2D eigenvalue weighted by molar-refractivity contribution is -0.494. The molecule has 54 heavy (non-hydrogen) atoms. The molecule has 3 rings (SSSR count). The number of nitrogens with one attached hydrogen (secondary N) is 2. The lowest BCUT2D eigenvalue weighted by Gasteiger charge is -2.29. The van der Waals surface area contributed by atoms with Crippen LogP contribution in [0.4, 0.5) is 5.82 Å². The van der Waals surface area contributed by atoms with Crippen molar-refractivity contribution in [2.24, 2.45) is 5.41 Å². The molecule has 306 valence electrons. The molecule has 0 saturated carbocycles. The van der Waals surface area contributed by atoms with Gasteiger partial charge in [0.1, 0.15) is 55.0 Å². The highest BCUT2D eigenvalue weighted by atomic mass is 32.1. The van der Waals surface area contributed by atoms with E-state index in [4.69, 9.17) is 15.2 Å². The quantitative estimate of drug-likeness (QED) is 0.0183. The van der Waals surface area contributed by atoms with E-state index in [1.54, 1.807) is 0 Å². The van der Waals surface area contributed by atoms with Gasteiger partial charge in [-0.05, 0) is 17.3 Å². The Morgan fingerprint density at radius 2 is 1.76 bits per heavy atom. The molecule has 10 N–H and O–H groups in total. The summed E-state index contributed by atoms with van der Waals surface area (Å²) >= 11 is 4.47. The smallest absolute Gasteiger partial charge is 0.488 e. The molecule has 2 aromatic rings. The molecule has 0 radical (unpaired) electrons. The minimum Gasteiger partial charge on any atom is -0.488 e. The van der Waals surface area contributed by atoms with Crippen molar-refractivity contribution < 1.29 is 101 Å². The highest BCUT2D eigenvalue weighted by Gasteiger charge is 2.49. The number of hydrogen-bond donors (Lipinski definition) is 9. The van der Waals surface area contributed by atoms with Crippen LogP contribution in [0.25, 0.3) is 11.2 Å². The van der Waals surface area contributed by atoms with E-state index >= 15 is 0 Å². The number of aromatic nitrogens is 4. The van der Waals surface area contributed by atoms with Crippen molar-refractivity contribution in [1.29, 1.82) is 0 Å². The zero-order chi connectivity index (χ0) is 40.3. The summed E-state index contributed by atoms with van der Waals surface area (Å²) in [5.41, 5.74) is 5.39. The van der Waals surface area contributed by atoms with Crippen LogP contribution in [0.5, 0.6) is 0 Å². The van der Waals surface area contributed by atoms with E-state index in [-0.39, 0.29) is 43.1 Å². The number of hydrogen-bond acceptors (Lipinski definition) is 22. The van der Waals surface area contributed by atoms with Crippen molar-refractivity contribution in [1.82, 2.24) is 30.2 Å². The maximum Gasteiger partial charge on any atom is 0.531 e. The maximum absolute atomic E-state index is 12.3. The van der Waals surface area contributed by atoms with Gasteiger partial charge >= 0.3 is 23.5 Å². The number of phosphoric ester groups is 2. The SMILES string of the molecule is CC(C)(COP(=O)(O)OOOP(=O)(O)OOOC[C@H]1O[C@@H](n2cnc3c(N)ncnc32)[C@H](O)[C@@H]1OP(=O)(O)O)[C@H](O)C(=O)NCCC(=O)NCCOC=S. The number of carbonyl (C=O) groups is 2. The number of amides is 2. The summed E-state index contributed by atoms with van der Waals surface area (Å²) < 4.78 is 68.2. The Hall–Kier alpha value is -2.73. The van der Waals surface area contributed by atoms with Gasteiger partial charge in [-0.2, -0.15) is 0 Å². The summed E-state index contributed by atoms with van der Waals surface area (Å²) in [6.45, 7) is 0.921. The zero-order valence-electron chi connectivity index (χ0n) is 27.8. The van der Waals surface area contributed by atoms with Gasteiger partial charge in [-0.25, -0.2) is 33.5 Å². The third-order valence-corrected chi connectivity index (χ3v) is 8.59. The molecule has 1 aliphatic heterocycles. The van der Waals surface area contributed by atoms with E-state index in [9.17, 15) is 53.1 Å². The van der Waals surface area contributed by atoms with Crippen molar-refractivity contribution in [3.63, 3.8) is 0 Å². The third kappa shape index (κ3) is 14.1. The van der Waals surface area contributed by atoms with Gasteiger partial charge in [0.15, 0.2) is 17.7 Å². The lowest BCUT2D eigenvalue weighted by Crippen LogP contribution is -2.46. The number of aliphatic hydroxyl groups excluding tert-OH is 2. The number of phosphoric acid groups is 3. The van der Waals surface area contributed by atoms with Crippen LogP contribution in [0.2, 0.25) is 0 Å². The number of nitrogens with two attached hydrogens (primary N) is 1. The zero-order valence-corrected chi connectivity index (χ0v) is 31.3. The molecule has 2 amide bonds. The summed E-state index contributed by atoms with van der Waals surface area (Å²) in [6, 6.07) is 0. The van der Waals surface area contributed by atoms with E-state index in [2.05, 4.69) is 75.8 Å². The molecule has 2 unspecified atom stereocenters. The largest absolute Gasteiger partial charge is 0.531 e. The average molecular weight is 860 g/mol. The summed E-state index contributed by atoms with van der Waals surface area (Å²) in [6.07, 6.45) is -6.40. The van der Waals surface area contributed by atoms with Gasteiger partial charge in [0, 0.05) is 18.4 Å². The van der Waals surface area contributed by atoms with E-state index in [1.165, 1.54) is 13.8 Å². The molecular formula is C22H36N7O21P3S. The molecule has 0 spiro atoms. The van der Waals surface area contributed by atoms with E-state index < -0.39 is 84.6 Å². The molecular weight excluding hydrogens is 823 g/mol. The van der Waals surface area contributed by atoms with E-state index in [1.807, 2.05) is 0 Å². The second-order valence-electron chi connectivity index (χ2n) is 11.3. The first kappa shape index (κ1) is 45.7. The number of rotatable bonds is 24. The number of anilines is 1. The van der Waals surface area contributed by atoms with Crippen LogP contribution in [0.1, 0.15) is 26.5 Å². The molecule has 3 heterocycles. The number of imidazole rings is 1. The third-order valence-electron chi connectivity index (χ3n) is 6.73. The Morgan fingerprint density at radius 1 is 1.07 bits per heavy atom. The van der Waals surface area contributed by atoms with Crippen LogP contribution in [0, 0.1) is 5.41 Å². The van der Waals surface area contributed by atoms with Crippen molar-refractivity contribution in [2.75, 3.05) is 38.6 Å². The van der Waals surface area contributed by atoms with Gasteiger partial charge in [0.05, 0.1) is 19.5 Å². The highest BCUT2D eigenvalue weighted by Crippen LogP contribution is 2.50. The molecule has 28 nitrogen and oxygen atoms in total. The fourth-order valence-corrected chi connectivity index (χ4v) is 5.79. The number of aliphatic hydroxyl groups is 2. The minimum absolute atomic E-state index is 0.0253. The van der Waals surface area contributed by atoms with Crippen LogP contribution < -0.4 is 16.4 Å². The lowest BCUT2D eigenvalue weighted by atomic mass is 9.87. The fraction of sp³-hybridized carbons (Fsp3) is 0.636. The van der Waals surface area contributed by atoms with Crippen molar-refractivity contribution in [3.8, 4) is 0 Å². The average Bonchev–Trinajstić information content (AvgIpc) is 3.64. The number of thiocarbonyl (C=S) groups is 1. The van der Waals surface area contributed by atoms with Gasteiger partial charge in [-0.15, -0.1) is 0 Å². The normalized spacial score (nSPS) is 21.9. The molecule has 1 aliphatic rings. The predicted molar refractivity (Wildman–Crippen MR) is 174 cm³/mol. The van der Waals surface area contributed by atoms with Crippen molar-refractivity contribution in [2.45, 2.75) is 50.9 Å². The summed E-state index contributed by atoms with van der Waals surface area (Å²) in [4.78, 5) is 78.4. The highest BCUT2D eigenvalue weighted by molar-refractivity contribution is 7.78. The number of nitrogens with zero attached hydrogens (tertiary/aromatic N) is 4. The molecule has 0 aromatic carbocycles. The Balaban J connectivity index is 1.42. The minimum atomic E-state index is -5.49. The molecule has 0 bridgehead atoms. The van der Waals surface area contributed by atoms with Crippen LogP contribution >= 0.6 is 35.7 Å². The molecule has 1 saturated heterocycles. The first-order valence-electron chi connectivity index (χ1n) is 14.8. The topological polar surface area (TPSA) is 393 Å². The Bertz CT molecular complexity index is 1730. The number of fused-ring (bicyclic) bond motifs is 1. The summed E-state index contributed by atoms with van der Waals surface area (Å²) in [7, 11) is -16.0. The Kier molecular flexibility index (Phi) is 16.8. The van der Waals surface area contributed by atoms with Crippen LogP contribution in [0.3, 0.4) is 0 Å². The fourth-order valence-electron chi connectivity index (χ4n) is 4.17. The van der Waals surface area contributed by atoms with Gasteiger partial charge in [0.25, 0.3) is 0 Å². The second kappa shape index (κ2) is 19.9. The number of ether oxygens (including phenoxy) is 2. The standard InChI is InChI=1S/C22H36N7O21P3S/c1-22(2,17(32)20(33)25-4-3-13(30)24-5-6-41-11-54)8-43-52(37,38)49-47-50-53(39,40)48-46-42-7-12-16(45-51(34,35)36)15(31)21(44-12)29-10-28-14-18(23)26-9-27-19(14)29/h9-12,15-17,21,31-32H,3-8H2,1-2H3,(H,24,30)(H,25,33)(H,37,38)(H,39,40)(H2,23,26,27)(H2,34,35,36)/t12-,15-,16-,17-,21-/m1/s1. The van der Waals surface area contributed by atoms with Gasteiger partial charge < -0.3 is 50.7 Å². The summed E-state index contributed by atoms with van der Waals surface area (Å²) in [5, 5.41) is 33.8. The van der Waals surface area contributed by atoms with Crippen LogP contribution in [0.15, 0.2) is 12.7 Å². The number of carbonyl (C=O) groups excluding carboxylic acids is 2. The monoisotopic (exact) mass is 859 g/mol. The Morgan fingerprint density at radius 3 is 2.44 bits per heavy atom. The van der Waals surface area contributed by atoms with Crippen LogP contribution in [-0.2, 0) is 70.8 Å². The molecule has 2 aromatic heterocycles. The van der Waals surface area contributed by atoms with Crippen LogP contribution in [-0.4, -0.2) is 124 Å². The Labute approximate surface area is 308 Å². The molecule has 1 fully saturated rings. The van der Waals surface area contributed by atoms with Gasteiger partial charge in [-0.3, -0.25) is 28.1 Å². The van der Waals surface area contributed by atoms with E-state index in [0.29, 0.717) is 0 Å². The van der Waals surface area contributed by atoms with E-state index in [0.717, 1.165) is 22.8 Å².